The molecular formula is C71H122N8O15. The Hall–Kier alpha value is -6.55. The molecule has 0 spiro atoms. The van der Waals surface area contributed by atoms with Crippen LogP contribution in [0.4, 0.5) is 0 Å². The normalized spacial score (nSPS) is 26.6. The molecule has 0 saturated carbocycles. The predicted octanol–water partition coefficient (Wildman–Crippen LogP) is 7.43. The number of nitrogens with one attached hydrogen (secondary N) is 1. The molecule has 0 aromatic carbocycles. The van der Waals surface area contributed by atoms with E-state index in [9.17, 15) is 38.4 Å². The molecular weight excluding hydrogens is 1200 g/mol. The third-order valence-corrected chi connectivity index (χ3v) is 18.7. The molecule has 0 radical (unpaired) electrons. The van der Waals surface area contributed by atoms with Crippen molar-refractivity contribution in [2.75, 3.05) is 55.9 Å². The summed E-state index contributed by atoms with van der Waals surface area (Å²) in [6.07, 6.45) is 2.06. The van der Waals surface area contributed by atoms with E-state index >= 15 is 24.0 Å². The molecule has 1 fully saturated rings. The largest absolute Gasteiger partial charge is 0.466 e. The maximum atomic E-state index is 15.5. The van der Waals surface area contributed by atoms with E-state index in [1.807, 2.05) is 47.6 Å². The fourth-order valence-corrected chi connectivity index (χ4v) is 12.7. The molecule has 0 aromatic rings. The number of ether oxygens (including phenoxy) is 2. The van der Waals surface area contributed by atoms with Crippen molar-refractivity contribution in [2.45, 2.75) is 250 Å². The zero-order valence-corrected chi connectivity index (χ0v) is 62.2. The fraction of sp³-hybridized carbons (Fsp3) is 0.789. The lowest BCUT2D eigenvalue weighted by Gasteiger charge is -2.42. The fourth-order valence-electron chi connectivity index (χ4n) is 12.7. The van der Waals surface area contributed by atoms with E-state index in [0.717, 1.165) is 9.80 Å². The van der Waals surface area contributed by atoms with Gasteiger partial charge in [-0.15, -0.1) is 0 Å². The van der Waals surface area contributed by atoms with Gasteiger partial charge in [0.2, 0.25) is 47.3 Å². The minimum Gasteiger partial charge on any atom is -0.466 e. The Morgan fingerprint density at radius 1 is 0.521 bits per heavy atom. The number of likely N-dealkylation sites (N-methyl/N-ethyl adjacent to an activating group) is 7. The molecule has 1 saturated heterocycles. The van der Waals surface area contributed by atoms with Crippen molar-refractivity contribution in [1.29, 1.82) is 0 Å². The Morgan fingerprint density at radius 3 is 1.46 bits per heavy atom. The molecule has 8 amide bonds. The molecule has 0 unspecified atom stereocenters. The van der Waals surface area contributed by atoms with Crippen molar-refractivity contribution in [1.82, 2.24) is 39.6 Å². The van der Waals surface area contributed by atoms with Gasteiger partial charge in [-0.3, -0.25) is 62.3 Å². The van der Waals surface area contributed by atoms with Crippen LogP contribution >= 0.6 is 0 Å². The number of hydrogen-bond acceptors (Lipinski definition) is 15. The zero-order valence-electron chi connectivity index (χ0n) is 62.2. The van der Waals surface area contributed by atoms with Gasteiger partial charge in [0.25, 0.3) is 0 Å². The van der Waals surface area contributed by atoms with E-state index in [0.29, 0.717) is 0 Å². The summed E-state index contributed by atoms with van der Waals surface area (Å²) in [4.78, 5) is 199. The minimum atomic E-state index is -1.63. The summed E-state index contributed by atoms with van der Waals surface area (Å²) in [7, 11) is 10.0. The molecule has 0 aromatic heterocycles. The SMILES string of the molecule is C/C=C/C[C@@H](C)[C@@H](OC(C)=O)[C@H]1C(=O)N[C@@H](CC)C(=O)N(C)[C@H](C)C(=O)N(C)[C@@H]([C@H](C)CCC(=O)OCC)C(=O)C[C@@H](C(C)C)C(=O)N(C)[C@@H](CC(C)C)C(=O)C[C@@H](C)C(=O)C[C@H](C)C(=O)N(C)[C@@H](CC(C)C)C(=O)N(C)[C@@H](CC(C)C)C(=O)N(C)[C@@H](C(C)C)C(=O)N1C. The van der Waals surface area contributed by atoms with Crippen LogP contribution in [0.1, 0.15) is 196 Å². The summed E-state index contributed by atoms with van der Waals surface area (Å²) in [5.74, 6) is -13.7. The maximum Gasteiger partial charge on any atom is 0.305 e. The van der Waals surface area contributed by atoms with Gasteiger partial charge in [-0.25, -0.2) is 0 Å². The van der Waals surface area contributed by atoms with E-state index in [1.165, 1.54) is 87.7 Å². The quantitative estimate of drug-likeness (QED) is 0.0972. The van der Waals surface area contributed by atoms with E-state index in [1.54, 1.807) is 82.2 Å². The highest BCUT2D eigenvalue weighted by molar-refractivity contribution is 6.00. The van der Waals surface area contributed by atoms with Crippen molar-refractivity contribution in [3.63, 3.8) is 0 Å². The summed E-state index contributed by atoms with van der Waals surface area (Å²) in [6.45, 7) is 32.7. The van der Waals surface area contributed by atoms with Gasteiger partial charge in [0.15, 0.2) is 11.6 Å². The zero-order chi connectivity index (χ0) is 72.8. The molecule has 14 atom stereocenters. The first-order valence-corrected chi connectivity index (χ1v) is 34.2. The highest BCUT2D eigenvalue weighted by Crippen LogP contribution is 2.31. The van der Waals surface area contributed by atoms with Gasteiger partial charge in [-0.05, 0) is 101 Å². The highest BCUT2D eigenvalue weighted by atomic mass is 16.5. The monoisotopic (exact) mass is 1330 g/mol. The number of rotatable bonds is 19. The van der Waals surface area contributed by atoms with Gasteiger partial charge in [0.1, 0.15) is 48.1 Å². The van der Waals surface area contributed by atoms with Gasteiger partial charge in [0, 0.05) is 99.7 Å². The first-order valence-electron chi connectivity index (χ1n) is 34.2. The second-order valence-corrected chi connectivity index (χ2v) is 28.6. The summed E-state index contributed by atoms with van der Waals surface area (Å²) in [6, 6.07) is -10.2. The van der Waals surface area contributed by atoms with Gasteiger partial charge >= 0.3 is 11.9 Å². The number of ketones is 3. The van der Waals surface area contributed by atoms with Gasteiger partial charge in [0.05, 0.1) is 18.7 Å². The van der Waals surface area contributed by atoms with Crippen molar-refractivity contribution >= 4 is 76.5 Å². The van der Waals surface area contributed by atoms with Crippen molar-refractivity contribution in [3.05, 3.63) is 12.2 Å². The Balaban J connectivity index is 4.57. The van der Waals surface area contributed by atoms with E-state index in [-0.39, 0.29) is 88.6 Å². The number of amides is 8. The molecule has 23 nitrogen and oxygen atoms in total. The second-order valence-electron chi connectivity index (χ2n) is 28.6. The Morgan fingerprint density at radius 2 is 0.989 bits per heavy atom. The lowest BCUT2D eigenvalue weighted by atomic mass is 9.82. The molecule has 0 aliphatic carbocycles. The van der Waals surface area contributed by atoms with Gasteiger partial charge in [-0.2, -0.15) is 0 Å². The number of carbonyl (C=O) groups is 13. The standard InChI is InChI=1S/C71H122N8O15/c1-27-30-31-46(15)63(94-50(19)80)62-64(85)72-52(28-2)68(89)73(20)49(18)66(87)78(25)61(45(14)32-33-59(84)93-29-3)58(83)39-51(43(10)11)67(88)74(21)53(34-40(4)5)57(82)37-47(16)56(81)38-48(17)65(86)75(22)54(35-41(6)7)69(90)76(23)55(36-42(8)9)70(91)77(24)60(44(12)13)71(92)79(62)26/h27,30,40-49,51-55,60-63H,28-29,31-39H2,1-26H3,(H,72,85)/b30-27+/t45-,46-,47-,48+,49-,51+,52+,53+,54+,55+,60+,61+,62+,63-/m1/s1. The van der Waals surface area contributed by atoms with Crippen molar-refractivity contribution in [3.8, 4) is 0 Å². The highest BCUT2D eigenvalue weighted by Gasteiger charge is 2.47. The van der Waals surface area contributed by atoms with E-state index < -0.39 is 172 Å². The van der Waals surface area contributed by atoms with Crippen LogP contribution < -0.4 is 5.32 Å². The molecule has 0 bridgehead atoms. The van der Waals surface area contributed by atoms with E-state index in [4.69, 9.17) is 9.47 Å². The number of allylic oxidation sites excluding steroid dienone is 2. The topological polar surface area (TPSA) is 275 Å². The van der Waals surface area contributed by atoms with Crippen LogP contribution in [0.3, 0.4) is 0 Å². The van der Waals surface area contributed by atoms with Crippen molar-refractivity contribution in [2.24, 2.45) is 59.2 Å². The van der Waals surface area contributed by atoms with Gasteiger partial charge in [-0.1, -0.05) is 116 Å². The summed E-state index contributed by atoms with van der Waals surface area (Å²) < 4.78 is 11.2. The van der Waals surface area contributed by atoms with E-state index in [2.05, 4.69) is 5.32 Å². The Labute approximate surface area is 563 Å². The molecule has 1 heterocycles. The summed E-state index contributed by atoms with van der Waals surface area (Å²) >= 11 is 0. The van der Waals surface area contributed by atoms with Crippen LogP contribution in [0.25, 0.3) is 0 Å². The molecule has 536 valence electrons. The molecule has 1 aliphatic heterocycles. The lowest BCUT2D eigenvalue weighted by Crippen LogP contribution is -2.64. The predicted molar refractivity (Wildman–Crippen MR) is 362 cm³/mol. The maximum absolute atomic E-state index is 15.5. The number of hydrogen-bond donors (Lipinski definition) is 1. The first-order chi connectivity index (χ1) is 43.5. The molecule has 1 rings (SSSR count). The number of esters is 2. The van der Waals surface area contributed by atoms with Gasteiger partial charge < -0.3 is 49.1 Å². The summed E-state index contributed by atoms with van der Waals surface area (Å²) in [5.41, 5.74) is 0. The van der Waals surface area contributed by atoms with Crippen LogP contribution in [0, 0.1) is 59.2 Å². The second kappa shape index (κ2) is 39.5. The van der Waals surface area contributed by atoms with Crippen LogP contribution in [-0.2, 0) is 71.8 Å². The molecule has 23 heteroatoms. The molecule has 94 heavy (non-hydrogen) atoms. The third kappa shape index (κ3) is 24.0. The third-order valence-electron chi connectivity index (χ3n) is 18.7. The Bertz CT molecular complexity index is 2640. The molecule has 1 aliphatic rings. The van der Waals surface area contributed by atoms with Crippen LogP contribution in [0.2, 0.25) is 0 Å². The average molecular weight is 1330 g/mol. The van der Waals surface area contributed by atoms with Crippen molar-refractivity contribution < 1.29 is 71.8 Å². The number of carbonyl (C=O) groups excluding carboxylic acids is 13. The van der Waals surface area contributed by atoms with Crippen LogP contribution in [-0.4, -0.2) is 221 Å². The average Bonchev–Trinajstić information content (AvgIpc) is 0.810. The van der Waals surface area contributed by atoms with Crippen LogP contribution in [0.15, 0.2) is 12.2 Å². The number of nitrogens with zero attached hydrogens (tertiary/aromatic N) is 7. The minimum absolute atomic E-state index is 0.0371. The number of Topliss-reactive ketones (excluding diaryl/α,β-unsaturated/α-hetero) is 3. The Kier molecular flexibility index (Phi) is 35.9. The summed E-state index contributed by atoms with van der Waals surface area (Å²) in [5, 5.41) is 2.81. The lowest BCUT2D eigenvalue weighted by molar-refractivity contribution is -0.164. The first kappa shape index (κ1) is 85.5. The molecule has 1 N–H and O–H groups in total. The smallest absolute Gasteiger partial charge is 0.305 e. The van der Waals surface area contributed by atoms with Crippen LogP contribution in [0.5, 0.6) is 0 Å².